The number of aliphatic hydroxyl groups excluding tert-OH is 8. The minimum absolute atomic E-state index is 0.345. The maximum atomic E-state index is 10.3. The Morgan fingerprint density at radius 2 is 1.04 bits per heavy atom. The highest BCUT2D eigenvalue weighted by atomic mass is 28.2. The van der Waals surface area contributed by atoms with Crippen molar-refractivity contribution in [1.82, 2.24) is 0 Å². The predicted molar refractivity (Wildman–Crippen MR) is 163 cm³/mol. The Bertz CT molecular complexity index is 783. The van der Waals surface area contributed by atoms with Crippen LogP contribution in [0.25, 0.3) is 0 Å². The third-order valence-corrected chi connectivity index (χ3v) is 7.97. The number of carbonyl (C=O) groups is 1. The molecule has 10 atom stereocenters. The molecular formula is C30H58O15Si. The molecule has 0 radical (unpaired) electrons. The Morgan fingerprint density at radius 3 is 1.46 bits per heavy atom. The van der Waals surface area contributed by atoms with Gasteiger partial charge in [0.1, 0.15) is 48.8 Å². The van der Waals surface area contributed by atoms with E-state index in [-0.39, 0.29) is 0 Å². The van der Waals surface area contributed by atoms with Crippen molar-refractivity contribution in [1.29, 1.82) is 0 Å². The van der Waals surface area contributed by atoms with Crippen molar-refractivity contribution >= 4 is 15.3 Å². The van der Waals surface area contributed by atoms with Crippen LogP contribution in [-0.4, -0.2) is 136 Å². The molecule has 2 aliphatic rings. The van der Waals surface area contributed by atoms with Crippen LogP contribution < -0.4 is 0 Å². The van der Waals surface area contributed by atoms with Crippen molar-refractivity contribution in [3.8, 4) is 0 Å². The smallest absolute Gasteiger partial charge is 0.481 e. The first kappa shape index (κ1) is 44.8. The lowest BCUT2D eigenvalue weighted by Gasteiger charge is -2.45. The fourth-order valence-electron chi connectivity index (χ4n) is 5.22. The summed E-state index contributed by atoms with van der Waals surface area (Å²) >= 11 is 0. The minimum atomic E-state index is -1.74. The van der Waals surface area contributed by atoms with E-state index in [1.807, 2.05) is 0 Å². The first-order valence-electron chi connectivity index (χ1n) is 16.5. The van der Waals surface area contributed by atoms with Crippen molar-refractivity contribution in [2.24, 2.45) is 0 Å². The van der Waals surface area contributed by atoms with Gasteiger partial charge >= 0.3 is 15.3 Å². The molecule has 272 valence electrons. The van der Waals surface area contributed by atoms with E-state index in [1.165, 1.54) is 83.5 Å². The van der Waals surface area contributed by atoms with Crippen LogP contribution in [0, 0.1) is 0 Å². The number of aliphatic hydroxyl groups is 8. The van der Waals surface area contributed by atoms with Crippen molar-refractivity contribution in [3.05, 3.63) is 0 Å². The van der Waals surface area contributed by atoms with Crippen LogP contribution in [0.15, 0.2) is 0 Å². The molecule has 15 nitrogen and oxygen atoms in total. The van der Waals surface area contributed by atoms with Crippen molar-refractivity contribution in [3.63, 3.8) is 0 Å². The average molecular weight is 687 g/mol. The normalized spacial score (nSPS) is 30.7. The quantitative estimate of drug-likeness (QED) is 0.0617. The molecule has 16 heteroatoms. The fraction of sp³-hybridized carbons (Fsp3) is 0.967. The molecule has 0 aromatic rings. The molecule has 2 fully saturated rings. The van der Waals surface area contributed by atoms with E-state index in [2.05, 4.69) is 6.92 Å². The second-order valence-electron chi connectivity index (χ2n) is 11.7. The molecule has 1 unspecified atom stereocenters. The van der Waals surface area contributed by atoms with Crippen LogP contribution in [0.2, 0.25) is 0 Å². The van der Waals surface area contributed by atoms with Gasteiger partial charge in [0.15, 0.2) is 12.6 Å². The predicted octanol–water partition coefficient (Wildman–Crippen LogP) is 0.317. The summed E-state index contributed by atoms with van der Waals surface area (Å²) in [4.78, 5) is 10.3. The third kappa shape index (κ3) is 18.4. The third-order valence-electron chi connectivity index (χ3n) is 7.97. The van der Waals surface area contributed by atoms with Gasteiger partial charge in [-0.1, -0.05) is 96.8 Å². The topological polar surface area (TPSA) is 261 Å². The molecule has 0 aromatic heterocycles. The molecule has 2 rings (SSSR count). The van der Waals surface area contributed by atoms with Crippen LogP contribution in [0.1, 0.15) is 110 Å². The standard InChI is InChI=1S/C18H36O2.C12H22O11.O2Si/c1-2-3-4-5-6-7-8-9-10-11-12-13-14-15-16-17-18(19)20;13-1-3-5(15)6(16)9(19)12(22-3)23-10-4(2-14)21-11(20)8(18)7(10)17;1-3-2/h2-17H2,1H3,(H,19,20);3-20H,1-2H2;/t;3-,4-,5+,6+,7-,8-,9-,10-,11?,12+;/m.1./s1. The van der Waals surface area contributed by atoms with Crippen LogP contribution in [0.5, 0.6) is 0 Å². The Morgan fingerprint density at radius 1 is 0.609 bits per heavy atom. The zero-order chi connectivity index (χ0) is 34.9. The van der Waals surface area contributed by atoms with Gasteiger partial charge in [-0.05, 0) is 6.42 Å². The van der Waals surface area contributed by atoms with E-state index in [0.29, 0.717) is 6.42 Å². The lowest BCUT2D eigenvalue weighted by atomic mass is 9.97. The summed E-state index contributed by atoms with van der Waals surface area (Å²) in [7, 11) is -1.42. The first-order valence-corrected chi connectivity index (χ1v) is 17.3. The number of hydrogen-bond acceptors (Lipinski definition) is 14. The van der Waals surface area contributed by atoms with Gasteiger partial charge in [-0.3, -0.25) is 13.7 Å². The highest BCUT2D eigenvalue weighted by molar-refractivity contribution is 5.94. The minimum Gasteiger partial charge on any atom is -0.481 e. The second-order valence-corrected chi connectivity index (χ2v) is 11.9. The van der Waals surface area contributed by atoms with E-state index in [4.69, 9.17) is 33.3 Å². The van der Waals surface area contributed by atoms with Gasteiger partial charge in [-0.2, -0.15) is 0 Å². The Balaban J connectivity index is 0.000000819. The Labute approximate surface area is 273 Å². The van der Waals surface area contributed by atoms with E-state index in [0.717, 1.165) is 12.8 Å². The van der Waals surface area contributed by atoms with Crippen LogP contribution in [0.3, 0.4) is 0 Å². The van der Waals surface area contributed by atoms with Crippen LogP contribution >= 0.6 is 0 Å². The summed E-state index contributed by atoms with van der Waals surface area (Å²) in [6, 6.07) is 0. The summed E-state index contributed by atoms with van der Waals surface area (Å²) in [5.74, 6) is -0.653. The molecule has 2 saturated heterocycles. The molecule has 2 aliphatic heterocycles. The van der Waals surface area contributed by atoms with E-state index >= 15 is 0 Å². The second kappa shape index (κ2) is 27.8. The number of aliphatic carboxylic acids is 1. The van der Waals surface area contributed by atoms with Crippen molar-refractivity contribution in [2.45, 2.75) is 171 Å². The first-order chi connectivity index (χ1) is 22.0. The van der Waals surface area contributed by atoms with Gasteiger partial charge in [-0.25, -0.2) is 0 Å². The lowest BCUT2D eigenvalue weighted by molar-refractivity contribution is -0.355. The van der Waals surface area contributed by atoms with Gasteiger partial charge in [-0.15, -0.1) is 0 Å². The summed E-state index contributed by atoms with van der Waals surface area (Å²) < 4.78 is 32.1. The molecule has 2 heterocycles. The molecule has 0 bridgehead atoms. The maximum Gasteiger partial charge on any atom is 0.549 e. The van der Waals surface area contributed by atoms with Crippen molar-refractivity contribution in [2.75, 3.05) is 13.2 Å². The number of rotatable bonds is 20. The highest BCUT2D eigenvalue weighted by Crippen LogP contribution is 2.28. The molecule has 0 saturated carbocycles. The summed E-state index contributed by atoms with van der Waals surface area (Å²) in [6.45, 7) is 0.925. The summed E-state index contributed by atoms with van der Waals surface area (Å²) in [6.07, 6.45) is 4.63. The number of carboxylic acids is 1. The van der Waals surface area contributed by atoms with Gasteiger partial charge in [0, 0.05) is 6.42 Å². The Hall–Kier alpha value is -1.15. The molecule has 46 heavy (non-hydrogen) atoms. The average Bonchev–Trinajstić information content (AvgIpc) is 3.03. The highest BCUT2D eigenvalue weighted by Gasteiger charge is 2.50. The van der Waals surface area contributed by atoms with Gasteiger partial charge in [0.25, 0.3) is 0 Å². The number of carboxylic acid groups (broad SMARTS) is 1. The summed E-state index contributed by atoms with van der Waals surface area (Å²) in [5.41, 5.74) is 0. The summed E-state index contributed by atoms with van der Waals surface area (Å²) in [5, 5.41) is 85.0. The maximum absolute atomic E-state index is 10.3. The zero-order valence-corrected chi connectivity index (χ0v) is 28.0. The molecular weight excluding hydrogens is 628 g/mol. The molecule has 0 amide bonds. The Kier molecular flexibility index (Phi) is 27.1. The molecule has 0 aromatic carbocycles. The van der Waals surface area contributed by atoms with E-state index < -0.39 is 89.9 Å². The molecule has 0 aliphatic carbocycles. The fourth-order valence-corrected chi connectivity index (χ4v) is 5.22. The number of hydrogen-bond donors (Lipinski definition) is 9. The van der Waals surface area contributed by atoms with E-state index in [9.17, 15) is 40.5 Å². The number of ether oxygens (including phenoxy) is 3. The lowest BCUT2D eigenvalue weighted by Crippen LogP contribution is -2.64. The van der Waals surface area contributed by atoms with Crippen molar-refractivity contribution < 1.29 is 73.9 Å². The monoisotopic (exact) mass is 686 g/mol. The van der Waals surface area contributed by atoms with Gasteiger partial charge in [0.2, 0.25) is 0 Å². The molecule has 0 spiro atoms. The van der Waals surface area contributed by atoms with E-state index in [1.54, 1.807) is 0 Å². The largest absolute Gasteiger partial charge is 0.549 e. The molecule has 9 N–H and O–H groups in total. The van der Waals surface area contributed by atoms with Gasteiger partial charge < -0.3 is 60.2 Å². The number of unbranched alkanes of at least 4 members (excludes halogenated alkanes) is 14. The van der Waals surface area contributed by atoms with Gasteiger partial charge in [0.05, 0.1) is 13.2 Å². The SMILES string of the molecule is CCCCCCCCCCCCCCCCCC(=O)O.O=[Si]=O.OC[C@H]1O[C@@H](O[C@H]2[C@H](O)[C@@H](O)C(O)O[C@@H]2CO)[C@H](O)[C@@H](O)[C@H]1O. The zero-order valence-electron chi connectivity index (χ0n) is 27.0. The van der Waals surface area contributed by atoms with Crippen LogP contribution in [-0.2, 0) is 27.9 Å². The van der Waals surface area contributed by atoms with Crippen LogP contribution in [0.4, 0.5) is 0 Å².